The van der Waals surface area contributed by atoms with E-state index in [0.29, 0.717) is 12.2 Å². The van der Waals surface area contributed by atoms with Gasteiger partial charge in [-0.3, -0.25) is 19.5 Å². The van der Waals surface area contributed by atoms with Crippen LogP contribution in [-0.2, 0) is 9.59 Å². The number of carbonyl (C=O) groups excluding carboxylic acids is 2. The molecule has 2 amide bonds. The van der Waals surface area contributed by atoms with Crippen molar-refractivity contribution in [3.63, 3.8) is 0 Å². The SMILES string of the molecule is Cc1ccccc1N1C(=O)[C@H](C=NCC[NH+]2CCCCC2)C(=O)NC1=S. The fourth-order valence-electron chi connectivity index (χ4n) is 3.47. The van der Waals surface area contributed by atoms with E-state index < -0.39 is 11.8 Å². The Hall–Kier alpha value is -2.12. The van der Waals surface area contributed by atoms with Crippen molar-refractivity contribution in [2.24, 2.45) is 10.9 Å². The molecule has 2 aliphatic heterocycles. The molecule has 2 heterocycles. The molecule has 0 bridgehead atoms. The van der Waals surface area contributed by atoms with Crippen molar-refractivity contribution in [1.29, 1.82) is 0 Å². The second-order valence-corrected chi connectivity index (χ2v) is 7.23. The molecule has 1 aromatic carbocycles. The maximum atomic E-state index is 12.9. The number of aryl methyl sites for hydroxylation is 1. The summed E-state index contributed by atoms with van der Waals surface area (Å²) >= 11 is 5.22. The highest BCUT2D eigenvalue weighted by Gasteiger charge is 2.38. The summed E-state index contributed by atoms with van der Waals surface area (Å²) in [5, 5.41) is 2.75. The summed E-state index contributed by atoms with van der Waals surface area (Å²) in [4.78, 5) is 32.4. The van der Waals surface area contributed by atoms with Gasteiger partial charge in [0.15, 0.2) is 11.0 Å². The van der Waals surface area contributed by atoms with Crippen LogP contribution in [-0.4, -0.2) is 49.3 Å². The molecule has 0 spiro atoms. The van der Waals surface area contributed by atoms with Crippen molar-refractivity contribution in [3.8, 4) is 0 Å². The van der Waals surface area contributed by atoms with Crippen LogP contribution in [0.15, 0.2) is 29.3 Å². The second-order valence-electron chi connectivity index (χ2n) is 6.85. The lowest BCUT2D eigenvalue weighted by molar-refractivity contribution is -0.903. The van der Waals surface area contributed by atoms with Crippen molar-refractivity contribution < 1.29 is 14.5 Å². The Kier molecular flexibility index (Phi) is 6.11. The van der Waals surface area contributed by atoms with Crippen molar-refractivity contribution >= 4 is 41.0 Å². The minimum atomic E-state index is -0.933. The Morgan fingerprint density at radius 1 is 1.27 bits per heavy atom. The summed E-state index contributed by atoms with van der Waals surface area (Å²) in [5.41, 5.74) is 1.61. The Bertz CT molecular complexity index is 728. The number of hydrogen-bond donors (Lipinski definition) is 2. The summed E-state index contributed by atoms with van der Waals surface area (Å²) in [5.74, 6) is -1.68. The van der Waals surface area contributed by atoms with Crippen LogP contribution in [0.25, 0.3) is 0 Å². The molecule has 6 nitrogen and oxygen atoms in total. The Morgan fingerprint density at radius 3 is 2.73 bits per heavy atom. The van der Waals surface area contributed by atoms with E-state index in [-0.39, 0.29) is 11.0 Å². The zero-order chi connectivity index (χ0) is 18.5. The highest BCUT2D eigenvalue weighted by molar-refractivity contribution is 7.80. The maximum Gasteiger partial charge on any atom is 0.251 e. The van der Waals surface area contributed by atoms with Gasteiger partial charge in [-0.25, -0.2) is 0 Å². The number of likely N-dealkylation sites (tertiary alicyclic amines) is 1. The average Bonchev–Trinajstić information content (AvgIpc) is 2.63. The van der Waals surface area contributed by atoms with Gasteiger partial charge in [-0.15, -0.1) is 0 Å². The van der Waals surface area contributed by atoms with E-state index in [1.54, 1.807) is 4.90 Å². The van der Waals surface area contributed by atoms with Crippen molar-refractivity contribution in [1.82, 2.24) is 5.32 Å². The fraction of sp³-hybridized carbons (Fsp3) is 0.474. The zero-order valence-corrected chi connectivity index (χ0v) is 15.8. The van der Waals surface area contributed by atoms with Crippen LogP contribution in [0, 0.1) is 12.8 Å². The molecule has 0 aliphatic carbocycles. The Morgan fingerprint density at radius 2 is 2.00 bits per heavy atom. The molecule has 2 aliphatic rings. The number of para-hydroxylation sites is 1. The van der Waals surface area contributed by atoms with Crippen LogP contribution in [0.1, 0.15) is 24.8 Å². The number of amides is 2. The molecule has 7 heteroatoms. The van der Waals surface area contributed by atoms with E-state index in [1.807, 2.05) is 31.2 Å². The van der Waals surface area contributed by atoms with E-state index >= 15 is 0 Å². The van der Waals surface area contributed by atoms with Gasteiger partial charge in [-0.2, -0.15) is 0 Å². The van der Waals surface area contributed by atoms with Gasteiger partial charge >= 0.3 is 0 Å². The number of carbonyl (C=O) groups is 2. The second kappa shape index (κ2) is 8.51. The topological polar surface area (TPSA) is 66.2 Å². The first-order chi connectivity index (χ1) is 12.6. The molecule has 3 rings (SSSR count). The smallest absolute Gasteiger partial charge is 0.251 e. The minimum absolute atomic E-state index is 0.122. The number of quaternary nitrogens is 1. The number of thiocarbonyl (C=S) groups is 1. The van der Waals surface area contributed by atoms with Crippen molar-refractivity contribution in [3.05, 3.63) is 29.8 Å². The number of rotatable bonds is 5. The van der Waals surface area contributed by atoms with Gasteiger partial charge in [-0.05, 0) is 50.0 Å². The highest BCUT2D eigenvalue weighted by atomic mass is 32.1. The van der Waals surface area contributed by atoms with Crippen molar-refractivity contribution in [2.45, 2.75) is 26.2 Å². The summed E-state index contributed by atoms with van der Waals surface area (Å²) in [6.45, 7) is 5.85. The fourth-order valence-corrected chi connectivity index (χ4v) is 3.76. The molecule has 26 heavy (non-hydrogen) atoms. The lowest BCUT2D eigenvalue weighted by Crippen LogP contribution is -3.13. The number of anilines is 1. The first-order valence-corrected chi connectivity index (χ1v) is 9.56. The van der Waals surface area contributed by atoms with Crippen LogP contribution < -0.4 is 15.1 Å². The van der Waals surface area contributed by atoms with Crippen LogP contribution in [0.3, 0.4) is 0 Å². The van der Waals surface area contributed by atoms with Crippen molar-refractivity contribution in [2.75, 3.05) is 31.1 Å². The molecule has 2 N–H and O–H groups in total. The first kappa shape index (κ1) is 18.7. The predicted molar refractivity (Wildman–Crippen MR) is 106 cm³/mol. The van der Waals surface area contributed by atoms with Gasteiger partial charge in [0.1, 0.15) is 0 Å². The number of piperidine rings is 1. The molecule has 2 fully saturated rings. The molecule has 2 saturated heterocycles. The van der Waals surface area contributed by atoms with Gasteiger partial charge < -0.3 is 10.2 Å². The van der Waals surface area contributed by atoms with E-state index in [9.17, 15) is 9.59 Å². The van der Waals surface area contributed by atoms with Gasteiger partial charge in [0.25, 0.3) is 5.91 Å². The third-order valence-corrected chi connectivity index (χ3v) is 5.25. The molecule has 0 unspecified atom stereocenters. The molecule has 0 radical (unpaired) electrons. The number of hydrogen-bond acceptors (Lipinski definition) is 4. The zero-order valence-electron chi connectivity index (χ0n) is 15.0. The van der Waals surface area contributed by atoms with Gasteiger partial charge in [-0.1, -0.05) is 18.2 Å². The largest absolute Gasteiger partial charge is 0.333 e. The maximum absolute atomic E-state index is 12.9. The highest BCUT2D eigenvalue weighted by Crippen LogP contribution is 2.23. The first-order valence-electron chi connectivity index (χ1n) is 9.16. The Labute approximate surface area is 159 Å². The summed E-state index contributed by atoms with van der Waals surface area (Å²) in [6, 6.07) is 7.48. The molecule has 0 aromatic heterocycles. The quantitative estimate of drug-likeness (QED) is 0.449. The average molecular weight is 374 g/mol. The number of nitrogens with one attached hydrogen (secondary N) is 2. The van der Waals surface area contributed by atoms with Gasteiger partial charge in [0, 0.05) is 6.21 Å². The molecule has 0 saturated carbocycles. The predicted octanol–water partition coefficient (Wildman–Crippen LogP) is 0.499. The lowest BCUT2D eigenvalue weighted by Gasteiger charge is -2.31. The monoisotopic (exact) mass is 373 g/mol. The summed E-state index contributed by atoms with van der Waals surface area (Å²) < 4.78 is 0. The number of aliphatic imine (C=N–C) groups is 1. The Balaban J connectivity index is 1.67. The van der Waals surface area contributed by atoms with Crippen LogP contribution in [0.5, 0.6) is 0 Å². The minimum Gasteiger partial charge on any atom is -0.333 e. The van der Waals surface area contributed by atoms with E-state index in [0.717, 1.165) is 12.1 Å². The van der Waals surface area contributed by atoms with Crippen LogP contribution in [0.4, 0.5) is 5.69 Å². The van der Waals surface area contributed by atoms with Gasteiger partial charge in [0.2, 0.25) is 5.91 Å². The molecular weight excluding hydrogens is 348 g/mol. The normalized spacial score (nSPS) is 22.1. The number of nitrogens with zero attached hydrogens (tertiary/aromatic N) is 2. The standard InChI is InChI=1S/C19H24N4O2S/c1-14-7-3-4-8-16(14)23-18(25)15(17(24)21-19(23)26)13-20-9-12-22-10-5-2-6-11-22/h3-4,7-8,13,15H,2,5-6,9-12H2,1H3,(H,21,24,26)/p+1/t15-/m1/s1. The van der Waals surface area contributed by atoms with E-state index in [2.05, 4.69) is 10.3 Å². The summed E-state index contributed by atoms with van der Waals surface area (Å²) in [7, 11) is 0. The third-order valence-electron chi connectivity index (χ3n) is 4.97. The van der Waals surface area contributed by atoms with E-state index in [4.69, 9.17) is 12.2 Å². The lowest BCUT2D eigenvalue weighted by atomic mass is 10.0. The van der Waals surface area contributed by atoms with Crippen LogP contribution >= 0.6 is 12.2 Å². The third kappa shape index (κ3) is 4.16. The van der Waals surface area contributed by atoms with Crippen LogP contribution in [0.2, 0.25) is 0 Å². The molecule has 1 aromatic rings. The molecule has 1 atom stereocenters. The van der Waals surface area contributed by atoms with E-state index in [1.165, 1.54) is 43.5 Å². The number of benzene rings is 1. The summed E-state index contributed by atoms with van der Waals surface area (Å²) in [6.07, 6.45) is 5.34. The van der Waals surface area contributed by atoms with Gasteiger partial charge in [0.05, 0.1) is 31.9 Å². The molecular formula is C19H25N4O2S+. The molecule has 138 valence electrons.